The highest BCUT2D eigenvalue weighted by molar-refractivity contribution is 5.78. The van der Waals surface area contributed by atoms with Crippen LogP contribution in [0.2, 0.25) is 0 Å². The van der Waals surface area contributed by atoms with Crippen molar-refractivity contribution >= 4 is 11.7 Å². The first-order valence-electron chi connectivity index (χ1n) is 6.21. The van der Waals surface area contributed by atoms with Crippen molar-refractivity contribution in [2.45, 2.75) is 12.8 Å². The summed E-state index contributed by atoms with van der Waals surface area (Å²) in [6.07, 6.45) is 1.63. The van der Waals surface area contributed by atoms with E-state index in [1.54, 1.807) is 13.1 Å². The molecule has 1 aliphatic rings. The van der Waals surface area contributed by atoms with E-state index in [0.717, 1.165) is 36.5 Å². The van der Waals surface area contributed by atoms with Crippen LogP contribution in [0.3, 0.4) is 0 Å². The smallest absolute Gasteiger partial charge is 0.222 e. The van der Waals surface area contributed by atoms with Crippen molar-refractivity contribution in [2.75, 3.05) is 30.9 Å². The predicted octanol–water partition coefficient (Wildman–Crippen LogP) is -1.67. The van der Waals surface area contributed by atoms with Crippen LogP contribution >= 0.6 is 0 Å². The number of carbonyl (C=O) groups is 1. The molecule has 2 rings (SSSR count). The zero-order chi connectivity index (χ0) is 13.8. The zero-order valence-electron chi connectivity index (χ0n) is 10.9. The van der Waals surface area contributed by atoms with Crippen molar-refractivity contribution in [1.29, 1.82) is 0 Å². The summed E-state index contributed by atoms with van der Waals surface area (Å²) in [5.74, 6) is 11.8. The molecule has 0 aromatic carbocycles. The summed E-state index contributed by atoms with van der Waals surface area (Å²) in [5, 5.41) is 10.4. The molecule has 8 nitrogen and oxygen atoms in total. The van der Waals surface area contributed by atoms with Crippen LogP contribution < -0.4 is 27.4 Å². The Labute approximate surface area is 111 Å². The number of hydrogen-bond acceptors (Lipinski definition) is 6. The lowest BCUT2D eigenvalue weighted by Crippen LogP contribution is -2.41. The van der Waals surface area contributed by atoms with Gasteiger partial charge in [-0.15, -0.1) is 5.10 Å². The highest BCUT2D eigenvalue weighted by Gasteiger charge is 2.24. The molecular weight excluding hydrogens is 246 g/mol. The first kappa shape index (κ1) is 13.2. The summed E-state index contributed by atoms with van der Waals surface area (Å²) in [6.45, 7) is 1.56. The lowest BCUT2D eigenvalue weighted by molar-refractivity contribution is -0.125. The summed E-state index contributed by atoms with van der Waals surface area (Å²) in [6, 6.07) is 3.54. The minimum Gasteiger partial charge on any atom is -0.359 e. The molecule has 104 valence electrons. The Morgan fingerprint density at radius 2 is 2.16 bits per heavy atom. The third-order valence-corrected chi connectivity index (χ3v) is 3.39. The van der Waals surface area contributed by atoms with E-state index in [-0.39, 0.29) is 11.8 Å². The Hall–Kier alpha value is -2.25. The lowest BCUT2D eigenvalue weighted by atomic mass is 9.96. The molecule has 0 saturated carbocycles. The summed E-state index contributed by atoms with van der Waals surface area (Å²) in [5.41, 5.74) is 0.406. The standard InChI is InChI=1S/C11H19N7O/c1-14-11(19)8-4-6-17(7-5-8)10-3-2-9(15-12)18(13)16-10/h2-3,8H,4-7,12-13H2,1H3,(H,14,19)/b15-9-. The number of nitrogen functional groups attached to an aromatic ring is 1. The largest absolute Gasteiger partial charge is 0.359 e. The zero-order valence-corrected chi connectivity index (χ0v) is 10.9. The third kappa shape index (κ3) is 2.78. The van der Waals surface area contributed by atoms with E-state index < -0.39 is 0 Å². The van der Waals surface area contributed by atoms with Crippen LogP contribution in [-0.2, 0) is 4.79 Å². The second kappa shape index (κ2) is 5.59. The number of amides is 1. The van der Waals surface area contributed by atoms with Crippen LogP contribution in [0.25, 0.3) is 0 Å². The fraction of sp³-hybridized carbons (Fsp3) is 0.545. The molecule has 1 amide bonds. The monoisotopic (exact) mass is 265 g/mol. The minimum atomic E-state index is 0.0876. The SMILES string of the molecule is CNC(=O)C1CCN(c2cc/c(=N/N)n(N)n2)CC1. The van der Waals surface area contributed by atoms with Crippen molar-refractivity contribution < 1.29 is 4.79 Å². The first-order valence-corrected chi connectivity index (χ1v) is 6.21. The molecule has 2 heterocycles. The minimum absolute atomic E-state index is 0.0876. The van der Waals surface area contributed by atoms with Crippen molar-refractivity contribution in [3.05, 3.63) is 17.6 Å². The van der Waals surface area contributed by atoms with Gasteiger partial charge in [0.2, 0.25) is 5.91 Å². The number of nitrogens with zero attached hydrogens (tertiary/aromatic N) is 4. The van der Waals surface area contributed by atoms with Crippen LogP contribution in [0.4, 0.5) is 5.82 Å². The molecule has 1 aliphatic heterocycles. The number of anilines is 1. The van der Waals surface area contributed by atoms with Gasteiger partial charge in [0, 0.05) is 26.1 Å². The number of piperidine rings is 1. The van der Waals surface area contributed by atoms with Gasteiger partial charge in [0.1, 0.15) is 0 Å². The van der Waals surface area contributed by atoms with Crippen molar-refractivity contribution in [1.82, 2.24) is 15.2 Å². The number of carbonyl (C=O) groups excluding carboxylic acids is 1. The highest BCUT2D eigenvalue weighted by atomic mass is 16.1. The van der Waals surface area contributed by atoms with Crippen LogP contribution in [0.5, 0.6) is 0 Å². The van der Waals surface area contributed by atoms with Gasteiger partial charge in [-0.1, -0.05) is 0 Å². The van der Waals surface area contributed by atoms with Crippen molar-refractivity contribution in [3.8, 4) is 0 Å². The number of nitrogens with two attached hydrogens (primary N) is 2. The molecule has 8 heteroatoms. The molecule has 1 saturated heterocycles. The maximum Gasteiger partial charge on any atom is 0.222 e. The number of nitrogens with one attached hydrogen (secondary N) is 1. The van der Waals surface area contributed by atoms with E-state index in [2.05, 4.69) is 20.4 Å². The normalized spacial score (nSPS) is 17.5. The molecule has 1 aromatic heterocycles. The third-order valence-electron chi connectivity index (χ3n) is 3.39. The second-order valence-electron chi connectivity index (χ2n) is 4.50. The van der Waals surface area contributed by atoms with Crippen LogP contribution in [0.1, 0.15) is 12.8 Å². The average molecular weight is 265 g/mol. The topological polar surface area (TPSA) is 115 Å². The van der Waals surface area contributed by atoms with E-state index >= 15 is 0 Å². The highest BCUT2D eigenvalue weighted by Crippen LogP contribution is 2.20. The van der Waals surface area contributed by atoms with Gasteiger partial charge in [0.25, 0.3) is 0 Å². The fourth-order valence-corrected chi connectivity index (χ4v) is 2.27. The summed E-state index contributed by atoms with van der Waals surface area (Å²) in [4.78, 5) is 14.8. The molecule has 0 aliphatic carbocycles. The molecule has 1 fully saturated rings. The summed E-state index contributed by atoms with van der Waals surface area (Å²) in [7, 11) is 1.67. The maximum atomic E-state index is 11.6. The molecular formula is C11H19N7O. The molecule has 0 radical (unpaired) electrons. The van der Waals surface area contributed by atoms with Crippen LogP contribution in [-0.4, -0.2) is 35.9 Å². The Kier molecular flexibility index (Phi) is 3.88. The summed E-state index contributed by atoms with van der Waals surface area (Å²) < 4.78 is 0. The van der Waals surface area contributed by atoms with E-state index in [4.69, 9.17) is 11.7 Å². The van der Waals surface area contributed by atoms with Gasteiger partial charge >= 0.3 is 0 Å². The number of aromatic nitrogens is 2. The van der Waals surface area contributed by atoms with E-state index in [1.165, 1.54) is 0 Å². The van der Waals surface area contributed by atoms with Crippen LogP contribution in [0.15, 0.2) is 17.2 Å². The molecule has 19 heavy (non-hydrogen) atoms. The van der Waals surface area contributed by atoms with Crippen molar-refractivity contribution in [2.24, 2.45) is 16.9 Å². The Balaban J connectivity index is 2.06. The van der Waals surface area contributed by atoms with Crippen molar-refractivity contribution in [3.63, 3.8) is 0 Å². The van der Waals surface area contributed by atoms with Crippen LogP contribution in [0, 0.1) is 5.92 Å². The molecule has 0 atom stereocenters. The Morgan fingerprint density at radius 1 is 1.47 bits per heavy atom. The maximum absolute atomic E-state index is 11.6. The van der Waals surface area contributed by atoms with Gasteiger partial charge in [-0.25, -0.2) is 0 Å². The quantitative estimate of drug-likeness (QED) is 0.437. The lowest BCUT2D eigenvalue weighted by Gasteiger charge is -2.31. The van der Waals surface area contributed by atoms with Gasteiger partial charge in [-0.05, 0) is 25.0 Å². The number of rotatable bonds is 2. The molecule has 5 N–H and O–H groups in total. The van der Waals surface area contributed by atoms with Gasteiger partial charge in [0.05, 0.1) is 0 Å². The van der Waals surface area contributed by atoms with E-state index in [1.807, 2.05) is 6.07 Å². The fourth-order valence-electron chi connectivity index (χ4n) is 2.27. The van der Waals surface area contributed by atoms with E-state index in [9.17, 15) is 4.79 Å². The summed E-state index contributed by atoms with van der Waals surface area (Å²) >= 11 is 0. The Morgan fingerprint density at radius 3 is 2.68 bits per heavy atom. The average Bonchev–Trinajstić information content (AvgIpc) is 2.46. The molecule has 1 aromatic rings. The molecule has 0 bridgehead atoms. The Bertz CT molecular complexity index is 516. The van der Waals surface area contributed by atoms with Gasteiger partial charge in [-0.3, -0.25) is 4.79 Å². The number of hydrogen-bond donors (Lipinski definition) is 3. The molecule has 0 spiro atoms. The van der Waals surface area contributed by atoms with Gasteiger partial charge < -0.3 is 21.9 Å². The predicted molar refractivity (Wildman–Crippen MR) is 71.1 cm³/mol. The van der Waals surface area contributed by atoms with Gasteiger partial charge in [0.15, 0.2) is 11.3 Å². The molecule has 0 unspecified atom stereocenters. The second-order valence-corrected chi connectivity index (χ2v) is 4.50. The first-order chi connectivity index (χ1) is 9.15. The van der Waals surface area contributed by atoms with E-state index in [0.29, 0.717) is 5.49 Å². The van der Waals surface area contributed by atoms with Gasteiger partial charge in [-0.2, -0.15) is 9.89 Å².